The fourth-order valence-corrected chi connectivity index (χ4v) is 3.90. The Bertz CT molecular complexity index is 1080. The first-order valence-electron chi connectivity index (χ1n) is 10.6. The molecule has 0 aromatic heterocycles. The van der Waals surface area contributed by atoms with E-state index in [9.17, 15) is 23.1 Å². The predicted molar refractivity (Wildman–Crippen MR) is 122 cm³/mol. The van der Waals surface area contributed by atoms with Crippen molar-refractivity contribution in [3.05, 3.63) is 106 Å². The van der Waals surface area contributed by atoms with Gasteiger partial charge in [-0.15, -0.1) is 0 Å². The molecule has 3 rings (SSSR count). The molecule has 1 amide bonds. The molecule has 33 heavy (non-hydrogen) atoms. The number of hydrogen-bond donors (Lipinski definition) is 3. The molecule has 2 atom stereocenters. The lowest BCUT2D eigenvalue weighted by molar-refractivity contribution is -0.137. The van der Waals surface area contributed by atoms with Crippen molar-refractivity contribution < 1.29 is 23.1 Å². The number of alkyl halides is 3. The molecule has 0 heterocycles. The minimum atomic E-state index is -4.41. The van der Waals surface area contributed by atoms with Gasteiger partial charge in [-0.2, -0.15) is 13.2 Å². The quantitative estimate of drug-likeness (QED) is 0.441. The lowest BCUT2D eigenvalue weighted by atomic mass is 9.83. The summed E-state index contributed by atoms with van der Waals surface area (Å²) in [5.74, 6) is -1.02. The zero-order chi connectivity index (χ0) is 24.0. The molecule has 3 aromatic carbocycles. The van der Waals surface area contributed by atoms with Crippen molar-refractivity contribution in [3.63, 3.8) is 0 Å². The Hall–Kier alpha value is -3.16. The summed E-state index contributed by atoms with van der Waals surface area (Å²) in [7, 11) is 0. The summed E-state index contributed by atoms with van der Waals surface area (Å²) >= 11 is 0. The number of rotatable bonds is 9. The highest BCUT2D eigenvalue weighted by Crippen LogP contribution is 2.30. The first kappa shape index (κ1) is 24.5. The Morgan fingerprint density at radius 2 is 1.70 bits per heavy atom. The van der Waals surface area contributed by atoms with Crippen LogP contribution in [0.2, 0.25) is 0 Å². The van der Waals surface area contributed by atoms with Crippen molar-refractivity contribution in [2.75, 3.05) is 6.54 Å². The largest absolute Gasteiger partial charge is 0.416 e. The molecular weight excluding hydrogens is 429 g/mol. The number of halogens is 3. The van der Waals surface area contributed by atoms with Gasteiger partial charge in [-0.1, -0.05) is 66.2 Å². The van der Waals surface area contributed by atoms with Crippen molar-refractivity contribution in [2.24, 2.45) is 5.73 Å². The van der Waals surface area contributed by atoms with Crippen LogP contribution in [0, 0.1) is 6.92 Å². The molecule has 0 spiro atoms. The number of nitrogens with two attached hydrogens (primary N) is 1. The number of primary amides is 1. The molecule has 0 aliphatic carbocycles. The van der Waals surface area contributed by atoms with Crippen molar-refractivity contribution in [1.29, 1.82) is 0 Å². The lowest BCUT2D eigenvalue weighted by Gasteiger charge is -2.26. The highest BCUT2D eigenvalue weighted by Gasteiger charge is 2.30. The van der Waals surface area contributed by atoms with Gasteiger partial charge in [-0.05, 0) is 42.2 Å². The van der Waals surface area contributed by atoms with Crippen LogP contribution in [0.3, 0.4) is 0 Å². The lowest BCUT2D eigenvalue weighted by Crippen LogP contribution is -2.33. The van der Waals surface area contributed by atoms with E-state index >= 15 is 0 Å². The van der Waals surface area contributed by atoms with Crippen LogP contribution < -0.4 is 11.1 Å². The van der Waals surface area contributed by atoms with Crippen molar-refractivity contribution in [2.45, 2.75) is 38.1 Å². The van der Waals surface area contributed by atoms with Crippen LogP contribution >= 0.6 is 0 Å². The van der Waals surface area contributed by atoms with Crippen molar-refractivity contribution in [3.8, 4) is 0 Å². The van der Waals surface area contributed by atoms with Crippen molar-refractivity contribution in [1.82, 2.24) is 5.32 Å². The maximum Gasteiger partial charge on any atom is 0.416 e. The van der Waals surface area contributed by atoms with E-state index in [4.69, 9.17) is 5.73 Å². The van der Waals surface area contributed by atoms with Crippen LogP contribution in [0.25, 0.3) is 0 Å². The van der Waals surface area contributed by atoms with Gasteiger partial charge in [-0.25, -0.2) is 0 Å². The van der Waals surface area contributed by atoms with Gasteiger partial charge in [0.05, 0.1) is 11.7 Å². The normalized spacial score (nSPS) is 13.5. The molecule has 0 bridgehead atoms. The third kappa shape index (κ3) is 6.66. The Kier molecular flexibility index (Phi) is 7.89. The van der Waals surface area contributed by atoms with E-state index in [1.54, 1.807) is 18.2 Å². The molecule has 7 heteroatoms. The van der Waals surface area contributed by atoms with Gasteiger partial charge in [0.25, 0.3) is 0 Å². The van der Waals surface area contributed by atoms with Gasteiger partial charge >= 0.3 is 6.18 Å². The highest BCUT2D eigenvalue weighted by atomic mass is 19.4. The van der Waals surface area contributed by atoms with E-state index in [2.05, 4.69) is 5.32 Å². The van der Waals surface area contributed by atoms with E-state index in [1.165, 1.54) is 6.07 Å². The Morgan fingerprint density at radius 3 is 2.36 bits per heavy atom. The maximum absolute atomic E-state index is 13.0. The van der Waals surface area contributed by atoms with Crippen LogP contribution in [-0.2, 0) is 19.1 Å². The van der Waals surface area contributed by atoms with Gasteiger partial charge in [0.2, 0.25) is 5.91 Å². The summed E-state index contributed by atoms with van der Waals surface area (Å²) in [6.45, 7) is 2.18. The average Bonchev–Trinajstić information content (AvgIpc) is 2.77. The first-order valence-corrected chi connectivity index (χ1v) is 10.6. The number of aliphatic hydroxyl groups excluding tert-OH is 1. The average molecular weight is 457 g/mol. The van der Waals surface area contributed by atoms with E-state index in [0.717, 1.165) is 23.3 Å². The summed E-state index contributed by atoms with van der Waals surface area (Å²) in [6.07, 6.45) is -4.85. The van der Waals surface area contributed by atoms with E-state index in [0.29, 0.717) is 23.1 Å². The van der Waals surface area contributed by atoms with Gasteiger partial charge in [0, 0.05) is 24.6 Å². The fourth-order valence-electron chi connectivity index (χ4n) is 3.90. The van der Waals surface area contributed by atoms with Crippen molar-refractivity contribution >= 4 is 5.91 Å². The third-order valence-electron chi connectivity index (χ3n) is 5.57. The van der Waals surface area contributed by atoms with Gasteiger partial charge in [0.15, 0.2) is 0 Å². The number of hydrogen-bond acceptors (Lipinski definition) is 3. The molecule has 0 aliphatic heterocycles. The van der Waals surface area contributed by atoms with Crippen LogP contribution in [0.4, 0.5) is 13.2 Å². The molecule has 0 radical (unpaired) electrons. The number of benzene rings is 3. The van der Waals surface area contributed by atoms with Gasteiger partial charge < -0.3 is 16.2 Å². The fraction of sp³-hybridized carbons (Fsp3) is 0.269. The minimum Gasteiger partial charge on any atom is -0.391 e. The number of nitrogens with one attached hydrogen (secondary N) is 1. The number of carbonyl (C=O) groups is 1. The SMILES string of the molecule is Cc1ccc(C(N)=O)c([C@H](Cc2ccccc2)[C@@H](O)CNCc2cccc(C(F)(F)F)c2)c1. The highest BCUT2D eigenvalue weighted by molar-refractivity contribution is 5.94. The molecule has 0 unspecified atom stereocenters. The van der Waals surface area contributed by atoms with Gasteiger partial charge in [-0.3, -0.25) is 4.79 Å². The van der Waals surface area contributed by atoms with Crippen LogP contribution in [-0.4, -0.2) is 23.7 Å². The topological polar surface area (TPSA) is 75.4 Å². The molecule has 0 aliphatic rings. The van der Waals surface area contributed by atoms with Crippen LogP contribution in [0.15, 0.2) is 72.8 Å². The third-order valence-corrected chi connectivity index (χ3v) is 5.57. The summed E-state index contributed by atoms with van der Waals surface area (Å²) in [5, 5.41) is 14.1. The monoisotopic (exact) mass is 456 g/mol. The maximum atomic E-state index is 13.0. The molecule has 0 saturated heterocycles. The second-order valence-corrected chi connectivity index (χ2v) is 8.15. The smallest absolute Gasteiger partial charge is 0.391 e. The van der Waals surface area contributed by atoms with E-state index in [-0.39, 0.29) is 13.1 Å². The molecule has 0 fully saturated rings. The van der Waals surface area contributed by atoms with Gasteiger partial charge in [0.1, 0.15) is 0 Å². The molecule has 4 nitrogen and oxygen atoms in total. The molecule has 4 N–H and O–H groups in total. The summed E-state index contributed by atoms with van der Waals surface area (Å²) < 4.78 is 38.9. The van der Waals surface area contributed by atoms with Crippen LogP contribution in [0.1, 0.15) is 44.1 Å². The van der Waals surface area contributed by atoms with E-state index < -0.39 is 29.7 Å². The Morgan fingerprint density at radius 1 is 1.00 bits per heavy atom. The number of aliphatic hydroxyl groups is 1. The van der Waals surface area contributed by atoms with E-state index in [1.807, 2.05) is 43.3 Å². The molecule has 0 saturated carbocycles. The number of carbonyl (C=O) groups excluding carboxylic acids is 1. The van der Waals surface area contributed by atoms with Crippen LogP contribution in [0.5, 0.6) is 0 Å². The molecule has 174 valence electrons. The molecule has 3 aromatic rings. The second kappa shape index (κ2) is 10.6. The Balaban J connectivity index is 1.80. The number of aryl methyl sites for hydroxylation is 1. The second-order valence-electron chi connectivity index (χ2n) is 8.15. The predicted octanol–water partition coefficient (Wildman–Crippen LogP) is 4.59. The number of amides is 1. The summed E-state index contributed by atoms with van der Waals surface area (Å²) in [6, 6.07) is 20.0. The summed E-state index contributed by atoms with van der Waals surface area (Å²) in [4.78, 5) is 12.1. The zero-order valence-corrected chi connectivity index (χ0v) is 18.3. The standard InChI is InChI=1S/C26H27F3N2O2/c1-17-10-11-21(25(30)33)22(12-17)23(14-18-6-3-2-4-7-18)24(32)16-31-15-19-8-5-9-20(13-19)26(27,28)29/h2-13,23-24,31-32H,14-16H2,1H3,(H2,30,33)/t23-,24-/m0/s1. The zero-order valence-electron chi connectivity index (χ0n) is 18.3. The Labute approximate surface area is 191 Å². The molecular formula is C26H27F3N2O2. The summed E-state index contributed by atoms with van der Waals surface area (Å²) in [5.41, 5.74) is 8.25. The minimum absolute atomic E-state index is 0.125. The first-order chi connectivity index (χ1) is 15.6.